The summed E-state index contributed by atoms with van der Waals surface area (Å²) in [4.78, 5) is 11.8. The maximum Gasteiger partial charge on any atom is 0.262 e. The first-order valence-electron chi connectivity index (χ1n) is 6.08. The number of hydrogen-bond acceptors (Lipinski definition) is 3. The summed E-state index contributed by atoms with van der Waals surface area (Å²) >= 11 is 0. The van der Waals surface area contributed by atoms with Crippen molar-refractivity contribution in [2.24, 2.45) is 0 Å². The molecule has 92 valence electrons. The molecule has 1 atom stereocenters. The van der Waals surface area contributed by atoms with Crippen LogP contribution in [0, 0.1) is 0 Å². The lowest BCUT2D eigenvalue weighted by molar-refractivity contribution is -0.127. The van der Waals surface area contributed by atoms with E-state index in [0.29, 0.717) is 6.54 Å². The van der Waals surface area contributed by atoms with Crippen molar-refractivity contribution in [3.05, 3.63) is 24.3 Å². The fourth-order valence-electron chi connectivity index (χ4n) is 1.76. The fourth-order valence-corrected chi connectivity index (χ4v) is 1.76. The number of unbranched alkanes of at least 4 members (excludes halogenated alkanes) is 1. The number of fused-ring (bicyclic) bond motifs is 1. The smallest absolute Gasteiger partial charge is 0.262 e. The van der Waals surface area contributed by atoms with Crippen LogP contribution >= 0.6 is 0 Å². The van der Waals surface area contributed by atoms with Crippen LogP contribution in [0.15, 0.2) is 24.3 Å². The summed E-state index contributed by atoms with van der Waals surface area (Å²) in [6.45, 7) is 3.34. The lowest BCUT2D eigenvalue weighted by Gasteiger charge is -2.26. The zero-order valence-electron chi connectivity index (χ0n) is 10.0. The minimum atomic E-state index is -0.429. The van der Waals surface area contributed by atoms with Crippen molar-refractivity contribution in [3.8, 4) is 5.75 Å². The molecule has 0 saturated heterocycles. The molecule has 0 fully saturated rings. The average molecular weight is 234 g/mol. The summed E-state index contributed by atoms with van der Waals surface area (Å²) in [6.07, 6.45) is 1.65. The third-order valence-electron chi connectivity index (χ3n) is 2.76. The molecule has 4 heteroatoms. The fraction of sp³-hybridized carbons (Fsp3) is 0.462. The number of hydrogen-bond donors (Lipinski definition) is 2. The van der Waals surface area contributed by atoms with Gasteiger partial charge in [-0.2, -0.15) is 0 Å². The van der Waals surface area contributed by atoms with Gasteiger partial charge in [-0.15, -0.1) is 0 Å². The van der Waals surface area contributed by atoms with E-state index >= 15 is 0 Å². The molecule has 2 N–H and O–H groups in total. The molecule has 2 rings (SSSR count). The van der Waals surface area contributed by atoms with Gasteiger partial charge in [0, 0.05) is 6.54 Å². The molecule has 0 bridgehead atoms. The molecule has 17 heavy (non-hydrogen) atoms. The summed E-state index contributed by atoms with van der Waals surface area (Å²) in [5, 5.41) is 6.08. The number of nitrogens with one attached hydrogen (secondary N) is 2. The second-order valence-corrected chi connectivity index (χ2v) is 4.13. The first-order chi connectivity index (χ1) is 8.31. The van der Waals surface area contributed by atoms with Crippen molar-refractivity contribution in [2.45, 2.75) is 25.9 Å². The number of para-hydroxylation sites is 2. The number of carbonyl (C=O) groups is 1. The zero-order valence-corrected chi connectivity index (χ0v) is 10.0. The van der Waals surface area contributed by atoms with Gasteiger partial charge in [0.1, 0.15) is 5.75 Å². The lowest BCUT2D eigenvalue weighted by atomic mass is 10.2. The molecule has 1 heterocycles. The van der Waals surface area contributed by atoms with Gasteiger partial charge >= 0.3 is 0 Å². The van der Waals surface area contributed by atoms with Crippen LogP contribution < -0.4 is 15.4 Å². The Morgan fingerprint density at radius 3 is 3.18 bits per heavy atom. The van der Waals surface area contributed by atoms with E-state index in [0.717, 1.165) is 30.8 Å². The summed E-state index contributed by atoms with van der Waals surface area (Å²) in [6, 6.07) is 7.66. The maximum atomic E-state index is 11.8. The minimum absolute atomic E-state index is 0.0412. The average Bonchev–Trinajstić information content (AvgIpc) is 2.38. The van der Waals surface area contributed by atoms with Crippen LogP contribution in [0.1, 0.15) is 19.8 Å². The van der Waals surface area contributed by atoms with Gasteiger partial charge in [0.25, 0.3) is 5.91 Å². The van der Waals surface area contributed by atoms with Gasteiger partial charge in [0.15, 0.2) is 6.10 Å². The van der Waals surface area contributed by atoms with Crippen molar-refractivity contribution < 1.29 is 9.53 Å². The van der Waals surface area contributed by atoms with Gasteiger partial charge < -0.3 is 15.4 Å². The predicted octanol–water partition coefficient (Wildman–Crippen LogP) is 1.78. The molecule has 1 aliphatic heterocycles. The van der Waals surface area contributed by atoms with Crippen LogP contribution in [0.3, 0.4) is 0 Å². The van der Waals surface area contributed by atoms with Crippen molar-refractivity contribution >= 4 is 11.6 Å². The second-order valence-electron chi connectivity index (χ2n) is 4.13. The highest BCUT2D eigenvalue weighted by Crippen LogP contribution is 2.28. The predicted molar refractivity (Wildman–Crippen MR) is 67.3 cm³/mol. The Balaban J connectivity index is 1.91. The molecule has 1 aromatic carbocycles. The number of anilines is 1. The van der Waals surface area contributed by atoms with Gasteiger partial charge in [-0.25, -0.2) is 0 Å². The molecule has 4 nitrogen and oxygen atoms in total. The third kappa shape index (κ3) is 2.90. The van der Waals surface area contributed by atoms with Crippen LogP contribution in [0.5, 0.6) is 5.75 Å². The van der Waals surface area contributed by atoms with E-state index in [2.05, 4.69) is 17.6 Å². The molecule has 1 unspecified atom stereocenters. The third-order valence-corrected chi connectivity index (χ3v) is 2.76. The van der Waals surface area contributed by atoms with E-state index in [4.69, 9.17) is 4.74 Å². The molecule has 1 amide bonds. The molecule has 1 aromatic rings. The second kappa shape index (κ2) is 5.57. The molecule has 1 aliphatic rings. The van der Waals surface area contributed by atoms with Gasteiger partial charge in [0.2, 0.25) is 0 Å². The molecule has 0 aromatic heterocycles. The van der Waals surface area contributed by atoms with Crippen LogP contribution in [-0.4, -0.2) is 25.1 Å². The highest BCUT2D eigenvalue weighted by molar-refractivity contribution is 5.83. The van der Waals surface area contributed by atoms with Crippen molar-refractivity contribution in [1.29, 1.82) is 0 Å². The topological polar surface area (TPSA) is 50.4 Å². The quantitative estimate of drug-likeness (QED) is 0.781. The Kier molecular flexibility index (Phi) is 3.85. The Labute approximate surface area is 101 Å². The molecule has 0 spiro atoms. The number of amides is 1. The lowest BCUT2D eigenvalue weighted by Crippen LogP contribution is -2.44. The first kappa shape index (κ1) is 11.8. The SMILES string of the molecule is CCCCNC(=O)C1CNc2ccccc2O1. The number of rotatable bonds is 4. The largest absolute Gasteiger partial charge is 0.477 e. The zero-order chi connectivity index (χ0) is 12.1. The van der Waals surface area contributed by atoms with Gasteiger partial charge in [-0.3, -0.25) is 4.79 Å². The highest BCUT2D eigenvalue weighted by Gasteiger charge is 2.24. The van der Waals surface area contributed by atoms with Crippen LogP contribution in [-0.2, 0) is 4.79 Å². The van der Waals surface area contributed by atoms with E-state index in [9.17, 15) is 4.79 Å². The van der Waals surface area contributed by atoms with Crippen molar-refractivity contribution in [2.75, 3.05) is 18.4 Å². The number of benzene rings is 1. The molecule has 0 saturated carbocycles. The number of ether oxygens (including phenoxy) is 1. The Bertz CT molecular complexity index is 393. The minimum Gasteiger partial charge on any atom is -0.477 e. The Morgan fingerprint density at radius 2 is 2.35 bits per heavy atom. The van der Waals surface area contributed by atoms with E-state index in [1.165, 1.54) is 0 Å². The summed E-state index contributed by atoms with van der Waals surface area (Å²) < 4.78 is 5.65. The summed E-state index contributed by atoms with van der Waals surface area (Å²) in [5.74, 6) is 0.704. The Hall–Kier alpha value is -1.71. The standard InChI is InChI=1S/C13H18N2O2/c1-2-3-8-14-13(16)12-9-15-10-6-4-5-7-11(10)17-12/h4-7,12,15H,2-3,8-9H2,1H3,(H,14,16). The number of carbonyl (C=O) groups excluding carboxylic acids is 1. The first-order valence-corrected chi connectivity index (χ1v) is 6.08. The van der Waals surface area contributed by atoms with Crippen molar-refractivity contribution in [3.63, 3.8) is 0 Å². The van der Waals surface area contributed by atoms with Crippen LogP contribution in [0.25, 0.3) is 0 Å². The Morgan fingerprint density at radius 1 is 1.53 bits per heavy atom. The van der Waals surface area contributed by atoms with E-state index < -0.39 is 6.10 Å². The summed E-state index contributed by atoms with van der Waals surface area (Å²) in [5.41, 5.74) is 0.949. The maximum absolute atomic E-state index is 11.8. The van der Waals surface area contributed by atoms with Crippen LogP contribution in [0.4, 0.5) is 5.69 Å². The van der Waals surface area contributed by atoms with Crippen LogP contribution in [0.2, 0.25) is 0 Å². The van der Waals surface area contributed by atoms with E-state index in [-0.39, 0.29) is 5.91 Å². The molecular formula is C13H18N2O2. The monoisotopic (exact) mass is 234 g/mol. The molecule has 0 aliphatic carbocycles. The van der Waals surface area contributed by atoms with Gasteiger partial charge in [-0.1, -0.05) is 25.5 Å². The molecular weight excluding hydrogens is 216 g/mol. The van der Waals surface area contributed by atoms with E-state index in [1.807, 2.05) is 24.3 Å². The van der Waals surface area contributed by atoms with E-state index in [1.54, 1.807) is 0 Å². The van der Waals surface area contributed by atoms with Gasteiger partial charge in [0.05, 0.1) is 12.2 Å². The van der Waals surface area contributed by atoms with Crippen molar-refractivity contribution in [1.82, 2.24) is 5.32 Å². The van der Waals surface area contributed by atoms with Gasteiger partial charge in [-0.05, 0) is 18.6 Å². The normalized spacial score (nSPS) is 17.6. The molecule has 0 radical (unpaired) electrons. The summed E-state index contributed by atoms with van der Waals surface area (Å²) in [7, 11) is 0. The highest BCUT2D eigenvalue weighted by atomic mass is 16.5.